The molecule has 0 heterocycles. The maximum absolute atomic E-state index is 11.5. The predicted octanol–water partition coefficient (Wildman–Crippen LogP) is 3.05. The molecule has 2 bridgehead atoms. The molecule has 0 saturated heterocycles. The summed E-state index contributed by atoms with van der Waals surface area (Å²) in [5.74, 6) is 0.812. The Labute approximate surface area is 133 Å². The molecule has 1 aromatic rings. The number of fused-ring (bicyclic) bond motifs is 2. The van der Waals surface area contributed by atoms with Crippen molar-refractivity contribution < 1.29 is 14.6 Å². The highest BCUT2D eigenvalue weighted by atomic mass is 79.9. The molecule has 4 nitrogen and oxygen atoms in total. The quantitative estimate of drug-likeness (QED) is 0.853. The van der Waals surface area contributed by atoms with Crippen LogP contribution in [0.5, 0.6) is 5.75 Å². The van der Waals surface area contributed by atoms with Crippen LogP contribution in [0.15, 0.2) is 22.7 Å². The van der Waals surface area contributed by atoms with Crippen molar-refractivity contribution in [1.29, 1.82) is 0 Å². The molecule has 4 atom stereocenters. The fourth-order valence-electron chi connectivity index (χ4n) is 4.05. The largest absolute Gasteiger partial charge is 0.496 e. The zero-order chi connectivity index (χ0) is 15.0. The number of nitrogens with one attached hydrogen (secondary N) is 1. The van der Waals surface area contributed by atoms with Gasteiger partial charge < -0.3 is 15.2 Å². The molecule has 0 spiro atoms. The van der Waals surface area contributed by atoms with Crippen molar-refractivity contribution >= 4 is 21.9 Å². The minimum atomic E-state index is -0.652. The van der Waals surface area contributed by atoms with Gasteiger partial charge in [0.05, 0.1) is 13.0 Å². The third-order valence-corrected chi connectivity index (χ3v) is 5.47. The van der Waals surface area contributed by atoms with Gasteiger partial charge in [-0.3, -0.25) is 4.79 Å². The van der Waals surface area contributed by atoms with Gasteiger partial charge >= 0.3 is 5.97 Å². The van der Waals surface area contributed by atoms with Crippen LogP contribution in [-0.4, -0.2) is 24.2 Å². The Hall–Kier alpha value is -1.07. The molecule has 0 amide bonds. The Kier molecular flexibility index (Phi) is 4.22. The van der Waals surface area contributed by atoms with Crippen molar-refractivity contribution in [1.82, 2.24) is 5.32 Å². The Morgan fingerprint density at radius 3 is 2.90 bits per heavy atom. The average Bonchev–Trinajstić information content (AvgIpc) is 3.05. The van der Waals surface area contributed by atoms with E-state index in [1.165, 1.54) is 0 Å². The summed E-state index contributed by atoms with van der Waals surface area (Å²) in [6, 6.07) is 5.98. The van der Waals surface area contributed by atoms with Gasteiger partial charge in [-0.05, 0) is 49.3 Å². The standard InChI is InChI=1S/C16H20BrNO3/c1-21-13-5-4-12(17)7-11(13)8-18-15-10-3-2-9(6-10)14(15)16(19)20/h4-5,7,9-10,14-15,18H,2-3,6,8H2,1H3,(H,19,20). The highest BCUT2D eigenvalue weighted by Gasteiger charge is 2.50. The van der Waals surface area contributed by atoms with Crippen molar-refractivity contribution in [2.75, 3.05) is 7.11 Å². The molecule has 3 rings (SSSR count). The third kappa shape index (κ3) is 2.81. The Balaban J connectivity index is 1.72. The lowest BCUT2D eigenvalue weighted by atomic mass is 9.84. The average molecular weight is 354 g/mol. The molecule has 5 heteroatoms. The molecule has 0 aliphatic heterocycles. The lowest BCUT2D eigenvalue weighted by Gasteiger charge is -2.29. The number of hydrogen-bond donors (Lipinski definition) is 2. The van der Waals surface area contributed by atoms with E-state index in [0.717, 1.165) is 35.0 Å². The topological polar surface area (TPSA) is 58.6 Å². The number of benzene rings is 1. The molecule has 114 valence electrons. The summed E-state index contributed by atoms with van der Waals surface area (Å²) >= 11 is 3.47. The normalized spacial score (nSPS) is 30.6. The molecule has 4 unspecified atom stereocenters. The van der Waals surface area contributed by atoms with E-state index in [-0.39, 0.29) is 12.0 Å². The van der Waals surface area contributed by atoms with E-state index in [1.54, 1.807) is 7.11 Å². The second-order valence-electron chi connectivity index (χ2n) is 6.06. The molecule has 2 fully saturated rings. The van der Waals surface area contributed by atoms with E-state index in [1.807, 2.05) is 18.2 Å². The van der Waals surface area contributed by atoms with E-state index in [0.29, 0.717) is 18.4 Å². The number of ether oxygens (including phenoxy) is 1. The van der Waals surface area contributed by atoms with Gasteiger partial charge in [-0.15, -0.1) is 0 Å². The zero-order valence-corrected chi connectivity index (χ0v) is 13.6. The number of halogens is 1. The van der Waals surface area contributed by atoms with Gasteiger partial charge in [0.15, 0.2) is 0 Å². The number of rotatable bonds is 5. The first-order valence-corrected chi connectivity index (χ1v) is 8.18. The maximum Gasteiger partial charge on any atom is 0.308 e. The van der Waals surface area contributed by atoms with Crippen molar-refractivity contribution in [3.05, 3.63) is 28.2 Å². The number of carbonyl (C=O) groups is 1. The van der Waals surface area contributed by atoms with Crippen LogP contribution in [0.4, 0.5) is 0 Å². The first kappa shape index (κ1) is 14.9. The van der Waals surface area contributed by atoms with E-state index in [2.05, 4.69) is 21.2 Å². The van der Waals surface area contributed by atoms with E-state index >= 15 is 0 Å². The van der Waals surface area contributed by atoms with Crippen LogP contribution in [0.25, 0.3) is 0 Å². The number of carboxylic acid groups (broad SMARTS) is 1. The Morgan fingerprint density at radius 2 is 2.19 bits per heavy atom. The van der Waals surface area contributed by atoms with Crippen LogP contribution >= 0.6 is 15.9 Å². The minimum Gasteiger partial charge on any atom is -0.496 e. The summed E-state index contributed by atoms with van der Waals surface area (Å²) < 4.78 is 6.38. The van der Waals surface area contributed by atoms with Crippen LogP contribution in [-0.2, 0) is 11.3 Å². The molecule has 21 heavy (non-hydrogen) atoms. The zero-order valence-electron chi connectivity index (χ0n) is 12.0. The van der Waals surface area contributed by atoms with Crippen molar-refractivity contribution in [3.63, 3.8) is 0 Å². The van der Waals surface area contributed by atoms with Crippen molar-refractivity contribution in [2.45, 2.75) is 31.8 Å². The van der Waals surface area contributed by atoms with Crippen LogP contribution in [0, 0.1) is 17.8 Å². The predicted molar refractivity (Wildman–Crippen MR) is 83.3 cm³/mol. The van der Waals surface area contributed by atoms with Gasteiger partial charge in [0.2, 0.25) is 0 Å². The monoisotopic (exact) mass is 353 g/mol. The molecular formula is C16H20BrNO3. The van der Waals surface area contributed by atoms with Crippen LogP contribution in [0.2, 0.25) is 0 Å². The molecule has 0 aromatic heterocycles. The van der Waals surface area contributed by atoms with Crippen LogP contribution < -0.4 is 10.1 Å². The number of hydrogen-bond acceptors (Lipinski definition) is 3. The molecule has 1 aromatic carbocycles. The molecule has 0 radical (unpaired) electrons. The van der Waals surface area contributed by atoms with Crippen LogP contribution in [0.3, 0.4) is 0 Å². The Morgan fingerprint density at radius 1 is 1.43 bits per heavy atom. The lowest BCUT2D eigenvalue weighted by Crippen LogP contribution is -2.43. The summed E-state index contributed by atoms with van der Waals surface area (Å²) in [5, 5.41) is 13.0. The fraction of sp³-hybridized carbons (Fsp3) is 0.562. The fourth-order valence-corrected chi connectivity index (χ4v) is 4.46. The van der Waals surface area contributed by atoms with E-state index < -0.39 is 5.97 Å². The SMILES string of the molecule is COc1ccc(Br)cc1CNC1C2CCC(C2)C1C(=O)O. The Bertz CT molecular complexity index is 548. The van der Waals surface area contributed by atoms with Crippen LogP contribution in [0.1, 0.15) is 24.8 Å². The summed E-state index contributed by atoms with van der Waals surface area (Å²) in [7, 11) is 1.66. The highest BCUT2D eigenvalue weighted by Crippen LogP contribution is 2.48. The summed E-state index contributed by atoms with van der Waals surface area (Å²) in [4.78, 5) is 11.5. The second-order valence-corrected chi connectivity index (χ2v) is 6.98. The minimum absolute atomic E-state index is 0.0879. The number of aliphatic carboxylic acids is 1. The van der Waals surface area contributed by atoms with Crippen molar-refractivity contribution in [2.24, 2.45) is 17.8 Å². The molecule has 2 aliphatic carbocycles. The van der Waals surface area contributed by atoms with Crippen molar-refractivity contribution in [3.8, 4) is 5.75 Å². The first-order chi connectivity index (χ1) is 10.1. The van der Waals surface area contributed by atoms with Gasteiger partial charge in [0.25, 0.3) is 0 Å². The number of methoxy groups -OCH3 is 1. The van der Waals surface area contributed by atoms with E-state index in [9.17, 15) is 9.90 Å². The lowest BCUT2D eigenvalue weighted by molar-refractivity contribution is -0.144. The maximum atomic E-state index is 11.5. The number of carboxylic acids is 1. The summed E-state index contributed by atoms with van der Waals surface area (Å²) in [6.07, 6.45) is 3.28. The molecule has 2 N–H and O–H groups in total. The first-order valence-electron chi connectivity index (χ1n) is 7.38. The summed E-state index contributed by atoms with van der Waals surface area (Å²) in [5.41, 5.74) is 1.05. The molecular weight excluding hydrogens is 334 g/mol. The van der Waals surface area contributed by atoms with Gasteiger partial charge in [0, 0.05) is 22.6 Å². The summed E-state index contributed by atoms with van der Waals surface area (Å²) in [6.45, 7) is 0.639. The smallest absolute Gasteiger partial charge is 0.308 e. The van der Waals surface area contributed by atoms with Gasteiger partial charge in [-0.25, -0.2) is 0 Å². The third-order valence-electron chi connectivity index (χ3n) is 4.97. The van der Waals surface area contributed by atoms with E-state index in [4.69, 9.17) is 4.74 Å². The molecule has 2 saturated carbocycles. The van der Waals surface area contributed by atoms with Gasteiger partial charge in [-0.1, -0.05) is 15.9 Å². The molecule has 2 aliphatic rings. The van der Waals surface area contributed by atoms with Gasteiger partial charge in [0.1, 0.15) is 5.75 Å². The highest BCUT2D eigenvalue weighted by molar-refractivity contribution is 9.10. The second kappa shape index (κ2) is 5.97. The van der Waals surface area contributed by atoms with Gasteiger partial charge in [-0.2, -0.15) is 0 Å².